The highest BCUT2D eigenvalue weighted by Crippen LogP contribution is 2.34. The summed E-state index contributed by atoms with van der Waals surface area (Å²) in [6.07, 6.45) is 0. The van der Waals surface area contributed by atoms with Crippen LogP contribution in [0.1, 0.15) is 19.5 Å². The molecule has 0 aliphatic rings. The first-order chi connectivity index (χ1) is 11.4. The van der Waals surface area contributed by atoms with Crippen LogP contribution < -0.4 is 0 Å². The Hall–Kier alpha value is -2.69. The summed E-state index contributed by atoms with van der Waals surface area (Å²) < 4.78 is 13.7. The minimum Gasteiger partial charge on any atom is -0.247 e. The van der Waals surface area contributed by atoms with Gasteiger partial charge in [-0.25, -0.2) is 14.4 Å². The van der Waals surface area contributed by atoms with Crippen molar-refractivity contribution >= 4 is 22.6 Å². The number of nitrogens with zero attached hydrogens (tertiary/aromatic N) is 5. The highest BCUT2D eigenvalue weighted by Gasteiger charge is 2.27. The molecule has 120 valence electrons. The Morgan fingerprint density at radius 3 is 2.62 bits per heavy atom. The third-order valence-electron chi connectivity index (χ3n) is 3.62. The molecule has 0 radical (unpaired) electrons. The molecule has 0 bridgehead atoms. The second-order valence-electron chi connectivity index (χ2n) is 5.79. The molecule has 3 aromatic rings. The molecule has 0 spiro atoms. The summed E-state index contributed by atoms with van der Waals surface area (Å²) >= 11 is 6.21. The fourth-order valence-corrected chi connectivity index (χ4v) is 2.68. The number of benzene rings is 2. The molecule has 0 atom stereocenters. The van der Waals surface area contributed by atoms with Crippen LogP contribution in [0.5, 0.6) is 0 Å². The second-order valence-corrected chi connectivity index (χ2v) is 6.19. The SMILES string of the molecule is CC(C)(N=[N+]=[N-])c1nc2c(Cl)cccc2nc1-c1cccc(F)c1. The molecule has 0 aliphatic heterocycles. The highest BCUT2D eigenvalue weighted by molar-refractivity contribution is 6.34. The summed E-state index contributed by atoms with van der Waals surface area (Å²) in [6, 6.07) is 11.3. The Labute approximate surface area is 142 Å². The van der Waals surface area contributed by atoms with Gasteiger partial charge >= 0.3 is 0 Å². The van der Waals surface area contributed by atoms with Crippen LogP contribution in [-0.4, -0.2) is 9.97 Å². The van der Waals surface area contributed by atoms with Gasteiger partial charge in [-0.1, -0.05) is 34.9 Å². The van der Waals surface area contributed by atoms with Crippen molar-refractivity contribution < 1.29 is 4.39 Å². The lowest BCUT2D eigenvalue weighted by atomic mass is 9.95. The number of aromatic nitrogens is 2. The fourth-order valence-electron chi connectivity index (χ4n) is 2.47. The molecule has 0 N–H and O–H groups in total. The molecule has 0 amide bonds. The van der Waals surface area contributed by atoms with Crippen molar-refractivity contribution in [2.24, 2.45) is 5.11 Å². The average molecular weight is 342 g/mol. The Morgan fingerprint density at radius 2 is 1.92 bits per heavy atom. The van der Waals surface area contributed by atoms with Gasteiger partial charge in [-0.05, 0) is 43.6 Å². The van der Waals surface area contributed by atoms with Crippen molar-refractivity contribution in [2.45, 2.75) is 19.4 Å². The second kappa shape index (κ2) is 6.07. The molecule has 1 heterocycles. The smallest absolute Gasteiger partial charge is 0.123 e. The van der Waals surface area contributed by atoms with Crippen LogP contribution in [-0.2, 0) is 5.54 Å². The summed E-state index contributed by atoms with van der Waals surface area (Å²) in [5.41, 5.74) is 10.4. The first kappa shape index (κ1) is 16.2. The molecular weight excluding hydrogens is 329 g/mol. The normalized spacial score (nSPS) is 11.3. The van der Waals surface area contributed by atoms with Gasteiger partial charge in [-0.3, -0.25) is 0 Å². The first-order valence-electron chi connectivity index (χ1n) is 7.21. The van der Waals surface area contributed by atoms with E-state index in [-0.39, 0.29) is 5.82 Å². The van der Waals surface area contributed by atoms with E-state index in [1.54, 1.807) is 44.2 Å². The number of azide groups is 1. The van der Waals surface area contributed by atoms with Gasteiger partial charge in [0.2, 0.25) is 0 Å². The van der Waals surface area contributed by atoms with E-state index in [0.29, 0.717) is 33.0 Å². The topological polar surface area (TPSA) is 74.5 Å². The van der Waals surface area contributed by atoms with Gasteiger partial charge in [0.25, 0.3) is 0 Å². The van der Waals surface area contributed by atoms with Gasteiger partial charge < -0.3 is 0 Å². The molecule has 1 aromatic heterocycles. The largest absolute Gasteiger partial charge is 0.247 e. The van der Waals surface area contributed by atoms with Crippen LogP contribution in [0.2, 0.25) is 5.02 Å². The van der Waals surface area contributed by atoms with E-state index in [1.807, 2.05) is 0 Å². The van der Waals surface area contributed by atoms with E-state index in [2.05, 4.69) is 20.0 Å². The number of halogens is 2. The van der Waals surface area contributed by atoms with Crippen LogP contribution in [0.25, 0.3) is 32.7 Å². The lowest BCUT2D eigenvalue weighted by molar-refractivity contribution is 0.533. The number of hydrogen-bond donors (Lipinski definition) is 0. The Kier molecular flexibility index (Phi) is 4.09. The Bertz CT molecular complexity index is 980. The maximum Gasteiger partial charge on any atom is 0.123 e. The lowest BCUT2D eigenvalue weighted by Crippen LogP contribution is -2.18. The van der Waals surface area contributed by atoms with Crippen LogP contribution in [0, 0.1) is 5.82 Å². The van der Waals surface area contributed by atoms with Crippen LogP contribution in [0.3, 0.4) is 0 Å². The summed E-state index contributed by atoms with van der Waals surface area (Å²) in [7, 11) is 0. The van der Waals surface area contributed by atoms with Crippen molar-refractivity contribution in [3.63, 3.8) is 0 Å². The van der Waals surface area contributed by atoms with Gasteiger partial charge in [0.05, 0.1) is 27.5 Å². The maximum atomic E-state index is 13.7. The molecule has 3 rings (SSSR count). The molecule has 7 heteroatoms. The van der Waals surface area contributed by atoms with Gasteiger partial charge in [0, 0.05) is 10.5 Å². The number of rotatable bonds is 3. The molecular formula is C17H13ClFN5. The molecule has 2 aromatic carbocycles. The van der Waals surface area contributed by atoms with E-state index in [9.17, 15) is 4.39 Å². The van der Waals surface area contributed by atoms with Crippen molar-refractivity contribution in [3.05, 3.63) is 69.4 Å². The molecule has 0 aliphatic carbocycles. The average Bonchev–Trinajstić information content (AvgIpc) is 2.54. The van der Waals surface area contributed by atoms with E-state index in [4.69, 9.17) is 17.1 Å². The van der Waals surface area contributed by atoms with E-state index < -0.39 is 5.54 Å². The van der Waals surface area contributed by atoms with Crippen molar-refractivity contribution in [1.82, 2.24) is 9.97 Å². The third kappa shape index (κ3) is 2.89. The van der Waals surface area contributed by atoms with Crippen LogP contribution in [0.15, 0.2) is 47.6 Å². The molecule has 0 fully saturated rings. The van der Waals surface area contributed by atoms with Gasteiger partial charge in [0.15, 0.2) is 0 Å². The van der Waals surface area contributed by atoms with Crippen molar-refractivity contribution in [2.75, 3.05) is 0 Å². The predicted molar refractivity (Wildman–Crippen MR) is 92.1 cm³/mol. The first-order valence-corrected chi connectivity index (χ1v) is 7.59. The maximum absolute atomic E-state index is 13.7. The zero-order chi connectivity index (χ0) is 17.3. The standard InChI is InChI=1S/C17H13ClFN5/c1-17(2,23-24-20)16-14(10-5-3-6-11(19)9-10)21-13-8-4-7-12(18)15(13)22-16/h3-9H,1-2H3. The van der Waals surface area contributed by atoms with E-state index in [1.165, 1.54) is 12.1 Å². The number of fused-ring (bicyclic) bond motifs is 1. The summed E-state index contributed by atoms with van der Waals surface area (Å²) in [5.74, 6) is -0.381. The Balaban J connectivity index is 2.39. The van der Waals surface area contributed by atoms with E-state index >= 15 is 0 Å². The van der Waals surface area contributed by atoms with Crippen LogP contribution in [0.4, 0.5) is 4.39 Å². The molecule has 0 unspecified atom stereocenters. The van der Waals surface area contributed by atoms with Gasteiger partial charge in [-0.2, -0.15) is 0 Å². The fraction of sp³-hybridized carbons (Fsp3) is 0.176. The number of hydrogen-bond acceptors (Lipinski definition) is 3. The lowest BCUT2D eigenvalue weighted by Gasteiger charge is -2.21. The zero-order valence-corrected chi connectivity index (χ0v) is 13.8. The summed E-state index contributed by atoms with van der Waals surface area (Å²) in [6.45, 7) is 3.45. The van der Waals surface area contributed by atoms with Crippen molar-refractivity contribution in [1.29, 1.82) is 0 Å². The Morgan fingerprint density at radius 1 is 1.17 bits per heavy atom. The summed E-state index contributed by atoms with van der Waals surface area (Å²) in [5, 5.41) is 4.26. The van der Waals surface area contributed by atoms with E-state index in [0.717, 1.165) is 0 Å². The van der Waals surface area contributed by atoms with Gasteiger partial charge in [-0.15, -0.1) is 0 Å². The summed E-state index contributed by atoms with van der Waals surface area (Å²) in [4.78, 5) is 12.1. The van der Waals surface area contributed by atoms with Crippen LogP contribution >= 0.6 is 11.6 Å². The highest BCUT2D eigenvalue weighted by atomic mass is 35.5. The van der Waals surface area contributed by atoms with Gasteiger partial charge in [0.1, 0.15) is 11.3 Å². The van der Waals surface area contributed by atoms with Crippen molar-refractivity contribution in [3.8, 4) is 11.3 Å². The predicted octanol–water partition coefficient (Wildman–Crippen LogP) is 5.63. The molecule has 5 nitrogen and oxygen atoms in total. The molecule has 0 saturated carbocycles. The minimum atomic E-state index is -0.975. The number of para-hydroxylation sites is 1. The molecule has 24 heavy (non-hydrogen) atoms. The third-order valence-corrected chi connectivity index (χ3v) is 3.92. The zero-order valence-electron chi connectivity index (χ0n) is 13.0. The minimum absolute atomic E-state index is 0.381. The quantitative estimate of drug-likeness (QED) is 0.351. The monoisotopic (exact) mass is 341 g/mol. The molecule has 0 saturated heterocycles.